The molecule has 18 heavy (non-hydrogen) atoms. The summed E-state index contributed by atoms with van der Waals surface area (Å²) in [6, 6.07) is 6.62. The third-order valence-corrected chi connectivity index (χ3v) is 2.42. The molecule has 0 N–H and O–H groups in total. The molecule has 0 saturated carbocycles. The predicted molar refractivity (Wildman–Crippen MR) is 67.7 cm³/mol. The highest BCUT2D eigenvalue weighted by molar-refractivity contribution is 6.03. The molecule has 0 fully saturated rings. The summed E-state index contributed by atoms with van der Waals surface area (Å²) >= 11 is 0. The second-order valence-electron chi connectivity index (χ2n) is 4.19. The van der Waals surface area contributed by atoms with Crippen molar-refractivity contribution >= 4 is 11.8 Å². The Labute approximate surface area is 106 Å². The lowest BCUT2D eigenvalue weighted by Crippen LogP contribution is -2.36. The van der Waals surface area contributed by atoms with E-state index in [2.05, 4.69) is 6.58 Å². The summed E-state index contributed by atoms with van der Waals surface area (Å²) < 4.78 is 10.0. The van der Waals surface area contributed by atoms with E-state index < -0.39 is 11.6 Å². The Morgan fingerprint density at radius 1 is 1.22 bits per heavy atom. The van der Waals surface area contributed by atoms with Crippen LogP contribution < -0.4 is 4.74 Å². The van der Waals surface area contributed by atoms with Gasteiger partial charge in [0.1, 0.15) is 5.75 Å². The van der Waals surface area contributed by atoms with E-state index in [9.17, 15) is 9.59 Å². The maximum absolute atomic E-state index is 12.2. The van der Waals surface area contributed by atoms with Gasteiger partial charge in [-0.15, -0.1) is 0 Å². The minimum Gasteiger partial charge on any atom is -0.497 e. The van der Waals surface area contributed by atoms with Gasteiger partial charge in [0.2, 0.25) is 5.78 Å². The fourth-order valence-corrected chi connectivity index (χ4v) is 1.43. The van der Waals surface area contributed by atoms with E-state index in [0.717, 1.165) is 6.08 Å². The molecule has 0 spiro atoms. The number of benzene rings is 1. The first-order valence-corrected chi connectivity index (χ1v) is 5.45. The zero-order valence-corrected chi connectivity index (χ0v) is 10.7. The molecule has 1 rings (SSSR count). The van der Waals surface area contributed by atoms with Crippen molar-refractivity contribution in [2.75, 3.05) is 7.11 Å². The quantitative estimate of drug-likeness (QED) is 0.456. The van der Waals surface area contributed by atoms with E-state index in [-0.39, 0.29) is 5.78 Å². The molecule has 4 heteroatoms. The zero-order valence-electron chi connectivity index (χ0n) is 10.7. The Morgan fingerprint density at radius 3 is 2.22 bits per heavy atom. The average Bonchev–Trinajstić information content (AvgIpc) is 2.37. The smallest absolute Gasteiger partial charge is 0.331 e. The van der Waals surface area contributed by atoms with Gasteiger partial charge in [-0.1, -0.05) is 6.58 Å². The minimum absolute atomic E-state index is 0.277. The van der Waals surface area contributed by atoms with Gasteiger partial charge in [0, 0.05) is 11.6 Å². The van der Waals surface area contributed by atoms with Gasteiger partial charge in [0.15, 0.2) is 5.60 Å². The number of carbonyl (C=O) groups is 2. The highest BCUT2D eigenvalue weighted by Gasteiger charge is 2.32. The van der Waals surface area contributed by atoms with Crippen LogP contribution in [-0.2, 0) is 9.53 Å². The van der Waals surface area contributed by atoms with Gasteiger partial charge < -0.3 is 9.47 Å². The Hall–Kier alpha value is -2.10. The summed E-state index contributed by atoms with van der Waals surface area (Å²) in [5.41, 5.74) is -0.766. The fraction of sp³-hybridized carbons (Fsp3) is 0.286. The van der Waals surface area contributed by atoms with Crippen molar-refractivity contribution in [3.63, 3.8) is 0 Å². The van der Waals surface area contributed by atoms with Gasteiger partial charge in [0.25, 0.3) is 0 Å². The number of esters is 1. The SMILES string of the molecule is C=CC(=O)OC(C)(C)C(=O)c1ccc(OC)cc1. The molecule has 0 heterocycles. The lowest BCUT2D eigenvalue weighted by atomic mass is 9.96. The maximum atomic E-state index is 12.2. The van der Waals surface area contributed by atoms with Crippen molar-refractivity contribution in [1.29, 1.82) is 0 Å². The number of hydrogen-bond acceptors (Lipinski definition) is 4. The summed E-state index contributed by atoms with van der Waals surface area (Å²) in [6.07, 6.45) is 1.03. The number of hydrogen-bond donors (Lipinski definition) is 0. The number of methoxy groups -OCH3 is 1. The van der Waals surface area contributed by atoms with Crippen molar-refractivity contribution in [2.24, 2.45) is 0 Å². The van der Waals surface area contributed by atoms with Gasteiger partial charge in [-0.2, -0.15) is 0 Å². The molecular weight excluding hydrogens is 232 g/mol. The molecule has 0 saturated heterocycles. The van der Waals surface area contributed by atoms with Crippen LogP contribution in [0.2, 0.25) is 0 Å². The van der Waals surface area contributed by atoms with E-state index in [4.69, 9.17) is 9.47 Å². The molecule has 1 aromatic carbocycles. The van der Waals surface area contributed by atoms with E-state index in [1.54, 1.807) is 45.2 Å². The number of ether oxygens (including phenoxy) is 2. The third kappa shape index (κ3) is 3.20. The molecule has 0 amide bonds. The monoisotopic (exact) mass is 248 g/mol. The molecule has 0 aliphatic rings. The van der Waals surface area contributed by atoms with E-state index in [1.807, 2.05) is 0 Å². The van der Waals surface area contributed by atoms with Gasteiger partial charge in [0.05, 0.1) is 7.11 Å². The number of Topliss-reactive ketones (excluding diaryl/α,β-unsaturated/α-hetero) is 1. The van der Waals surface area contributed by atoms with Gasteiger partial charge in [-0.3, -0.25) is 4.79 Å². The first kappa shape index (κ1) is 14.0. The lowest BCUT2D eigenvalue weighted by molar-refractivity contribution is -0.146. The van der Waals surface area contributed by atoms with Gasteiger partial charge in [-0.25, -0.2) is 4.79 Å². The highest BCUT2D eigenvalue weighted by atomic mass is 16.6. The molecular formula is C14H16O4. The van der Waals surface area contributed by atoms with Gasteiger partial charge in [-0.05, 0) is 38.1 Å². The normalized spacial score (nSPS) is 10.6. The molecule has 0 aromatic heterocycles. The molecule has 1 aromatic rings. The van der Waals surface area contributed by atoms with Crippen molar-refractivity contribution in [1.82, 2.24) is 0 Å². The van der Waals surface area contributed by atoms with E-state index >= 15 is 0 Å². The van der Waals surface area contributed by atoms with E-state index in [0.29, 0.717) is 11.3 Å². The molecule has 0 atom stereocenters. The van der Waals surface area contributed by atoms with Crippen LogP contribution in [0.5, 0.6) is 5.75 Å². The first-order valence-electron chi connectivity index (χ1n) is 5.45. The molecule has 0 bridgehead atoms. The van der Waals surface area contributed by atoms with Crippen LogP contribution in [0.4, 0.5) is 0 Å². The summed E-state index contributed by atoms with van der Waals surface area (Å²) in [4.78, 5) is 23.3. The Morgan fingerprint density at radius 2 is 1.78 bits per heavy atom. The van der Waals surface area contributed by atoms with Crippen molar-refractivity contribution in [3.8, 4) is 5.75 Å². The second-order valence-corrected chi connectivity index (χ2v) is 4.19. The molecule has 0 radical (unpaired) electrons. The van der Waals surface area contributed by atoms with Crippen LogP contribution in [0.15, 0.2) is 36.9 Å². The van der Waals surface area contributed by atoms with Crippen molar-refractivity contribution < 1.29 is 19.1 Å². The van der Waals surface area contributed by atoms with Crippen LogP contribution in [0.1, 0.15) is 24.2 Å². The second kappa shape index (κ2) is 5.49. The Balaban J connectivity index is 2.90. The molecule has 0 aliphatic heterocycles. The summed E-state index contributed by atoms with van der Waals surface area (Å²) in [7, 11) is 1.55. The average molecular weight is 248 g/mol. The molecule has 4 nitrogen and oxygen atoms in total. The van der Waals surface area contributed by atoms with Crippen molar-refractivity contribution in [3.05, 3.63) is 42.5 Å². The van der Waals surface area contributed by atoms with Crippen LogP contribution in [0.25, 0.3) is 0 Å². The maximum Gasteiger partial charge on any atom is 0.331 e. The van der Waals surface area contributed by atoms with Crippen LogP contribution in [0, 0.1) is 0 Å². The standard InChI is InChI=1S/C14H16O4/c1-5-12(15)18-14(2,3)13(16)10-6-8-11(17-4)9-7-10/h5-9H,1H2,2-4H3. The predicted octanol–water partition coefficient (Wildman–Crippen LogP) is 2.39. The highest BCUT2D eigenvalue weighted by Crippen LogP contribution is 2.20. The largest absolute Gasteiger partial charge is 0.497 e. The molecule has 0 unspecified atom stereocenters. The van der Waals surface area contributed by atoms with Crippen molar-refractivity contribution in [2.45, 2.75) is 19.4 Å². The Bertz CT molecular complexity index is 457. The van der Waals surface area contributed by atoms with Crippen LogP contribution in [-0.4, -0.2) is 24.5 Å². The lowest BCUT2D eigenvalue weighted by Gasteiger charge is -2.22. The summed E-state index contributed by atoms with van der Waals surface area (Å²) in [5.74, 6) is -0.241. The number of ketones is 1. The number of carbonyl (C=O) groups excluding carboxylic acids is 2. The fourth-order valence-electron chi connectivity index (χ4n) is 1.43. The zero-order chi connectivity index (χ0) is 13.8. The summed E-state index contributed by atoms with van der Waals surface area (Å²) in [5, 5.41) is 0. The first-order chi connectivity index (χ1) is 8.40. The Kier molecular flexibility index (Phi) is 4.26. The van der Waals surface area contributed by atoms with Crippen LogP contribution in [0.3, 0.4) is 0 Å². The summed E-state index contributed by atoms with van der Waals surface area (Å²) in [6.45, 7) is 6.38. The van der Waals surface area contributed by atoms with Crippen LogP contribution >= 0.6 is 0 Å². The molecule has 96 valence electrons. The van der Waals surface area contributed by atoms with Gasteiger partial charge >= 0.3 is 5.97 Å². The minimum atomic E-state index is -1.22. The topological polar surface area (TPSA) is 52.6 Å². The number of rotatable bonds is 5. The third-order valence-electron chi connectivity index (χ3n) is 2.42. The molecule has 0 aliphatic carbocycles. The van der Waals surface area contributed by atoms with E-state index in [1.165, 1.54) is 0 Å².